The number of para-hydroxylation sites is 1. The Labute approximate surface area is 117 Å². The number of aromatic amines is 1. The van der Waals surface area contributed by atoms with Gasteiger partial charge >= 0.3 is 0 Å². The summed E-state index contributed by atoms with van der Waals surface area (Å²) in [5, 5.41) is 0.945. The number of rotatable bonds is 3. The van der Waals surface area contributed by atoms with Crippen LogP contribution < -0.4 is 4.74 Å². The zero-order valence-electron chi connectivity index (χ0n) is 11.4. The summed E-state index contributed by atoms with van der Waals surface area (Å²) in [5.74, 6) is 0.749. The second-order valence-corrected chi connectivity index (χ2v) is 4.78. The number of hydrogen-bond donors (Lipinski definition) is 1. The van der Waals surface area contributed by atoms with Gasteiger partial charge in [0, 0.05) is 22.0 Å². The number of benzene rings is 2. The van der Waals surface area contributed by atoms with Gasteiger partial charge in [-0.2, -0.15) is 0 Å². The molecule has 0 aliphatic carbocycles. The van der Waals surface area contributed by atoms with Crippen LogP contribution in [-0.2, 0) is 0 Å². The van der Waals surface area contributed by atoms with Crippen molar-refractivity contribution in [2.24, 2.45) is 0 Å². The van der Waals surface area contributed by atoms with E-state index in [4.69, 9.17) is 4.74 Å². The number of carbonyl (C=O) groups is 1. The molecule has 0 spiro atoms. The summed E-state index contributed by atoms with van der Waals surface area (Å²) in [7, 11) is 1.63. The van der Waals surface area contributed by atoms with E-state index in [1.807, 2.05) is 49.4 Å². The molecule has 1 N–H and O–H groups in total. The van der Waals surface area contributed by atoms with Crippen molar-refractivity contribution >= 4 is 17.2 Å². The van der Waals surface area contributed by atoms with Crippen LogP contribution in [0.3, 0.4) is 0 Å². The topological polar surface area (TPSA) is 42.1 Å². The van der Waals surface area contributed by atoms with Crippen LogP contribution in [0.2, 0.25) is 0 Å². The SMILES string of the molecule is COc1ccccc1-c1[nH]c2ccc(C)cc2c1C=O. The predicted octanol–water partition coefficient (Wildman–Crippen LogP) is 3.96. The van der Waals surface area contributed by atoms with E-state index in [1.165, 1.54) is 0 Å². The molecule has 100 valence electrons. The lowest BCUT2D eigenvalue weighted by atomic mass is 10.0. The van der Waals surface area contributed by atoms with Gasteiger partial charge in [-0.3, -0.25) is 4.79 Å². The van der Waals surface area contributed by atoms with Crippen LogP contribution in [0, 0.1) is 6.92 Å². The van der Waals surface area contributed by atoms with Crippen LogP contribution in [0.15, 0.2) is 42.5 Å². The average molecular weight is 265 g/mol. The lowest BCUT2D eigenvalue weighted by Crippen LogP contribution is -1.90. The molecule has 0 aliphatic heterocycles. The molecule has 3 heteroatoms. The van der Waals surface area contributed by atoms with Crippen LogP contribution in [0.25, 0.3) is 22.2 Å². The van der Waals surface area contributed by atoms with Gasteiger partial charge in [0.2, 0.25) is 0 Å². The fourth-order valence-corrected chi connectivity index (χ4v) is 2.51. The van der Waals surface area contributed by atoms with Gasteiger partial charge in [0.1, 0.15) is 5.75 Å². The molecule has 0 atom stereocenters. The van der Waals surface area contributed by atoms with Gasteiger partial charge in [-0.05, 0) is 31.2 Å². The molecule has 0 amide bonds. The highest BCUT2D eigenvalue weighted by Gasteiger charge is 2.15. The zero-order valence-corrected chi connectivity index (χ0v) is 11.4. The van der Waals surface area contributed by atoms with Crippen molar-refractivity contribution < 1.29 is 9.53 Å². The van der Waals surface area contributed by atoms with Crippen LogP contribution in [0.5, 0.6) is 5.75 Å². The monoisotopic (exact) mass is 265 g/mol. The number of hydrogen-bond acceptors (Lipinski definition) is 2. The van der Waals surface area contributed by atoms with E-state index >= 15 is 0 Å². The van der Waals surface area contributed by atoms with Crippen LogP contribution in [0.4, 0.5) is 0 Å². The van der Waals surface area contributed by atoms with E-state index in [2.05, 4.69) is 4.98 Å². The van der Waals surface area contributed by atoms with Crippen LogP contribution in [0.1, 0.15) is 15.9 Å². The molecule has 3 aromatic rings. The van der Waals surface area contributed by atoms with Crippen LogP contribution in [-0.4, -0.2) is 18.4 Å². The van der Waals surface area contributed by atoms with Crippen molar-refractivity contribution in [3.05, 3.63) is 53.6 Å². The summed E-state index contributed by atoms with van der Waals surface area (Å²) in [4.78, 5) is 14.8. The second-order valence-electron chi connectivity index (χ2n) is 4.78. The van der Waals surface area contributed by atoms with E-state index < -0.39 is 0 Å². The number of nitrogens with one attached hydrogen (secondary N) is 1. The molecule has 0 aliphatic rings. The molecule has 3 rings (SSSR count). The van der Waals surface area contributed by atoms with Crippen molar-refractivity contribution in [1.82, 2.24) is 4.98 Å². The average Bonchev–Trinajstić information content (AvgIpc) is 2.84. The Bertz CT molecular complexity index is 787. The van der Waals surface area contributed by atoms with Crippen molar-refractivity contribution in [2.45, 2.75) is 6.92 Å². The van der Waals surface area contributed by atoms with Gasteiger partial charge < -0.3 is 9.72 Å². The Hall–Kier alpha value is -2.55. The minimum Gasteiger partial charge on any atom is -0.496 e. The Morgan fingerprint density at radius 3 is 2.70 bits per heavy atom. The van der Waals surface area contributed by atoms with E-state index in [9.17, 15) is 4.79 Å². The van der Waals surface area contributed by atoms with E-state index in [-0.39, 0.29) is 0 Å². The Kier molecular flexibility index (Phi) is 3.03. The second kappa shape index (κ2) is 4.85. The number of aryl methyl sites for hydroxylation is 1. The number of carbonyl (C=O) groups excluding carboxylic acids is 1. The molecule has 0 unspecified atom stereocenters. The van der Waals surface area contributed by atoms with E-state index in [0.717, 1.165) is 39.8 Å². The molecule has 0 radical (unpaired) electrons. The minimum atomic E-state index is 0.674. The smallest absolute Gasteiger partial charge is 0.152 e. The molecule has 0 fully saturated rings. The highest BCUT2D eigenvalue weighted by Crippen LogP contribution is 2.34. The molecule has 20 heavy (non-hydrogen) atoms. The number of ether oxygens (including phenoxy) is 1. The number of aromatic nitrogens is 1. The summed E-state index contributed by atoms with van der Waals surface area (Å²) in [5.41, 5.74) is 4.46. The number of aldehydes is 1. The molecule has 0 saturated heterocycles. The predicted molar refractivity (Wildman–Crippen MR) is 80.4 cm³/mol. The third-order valence-electron chi connectivity index (χ3n) is 3.49. The lowest BCUT2D eigenvalue weighted by molar-refractivity contribution is 0.112. The zero-order chi connectivity index (χ0) is 14.1. The molecule has 1 heterocycles. The fourth-order valence-electron chi connectivity index (χ4n) is 2.51. The van der Waals surface area contributed by atoms with Crippen LogP contribution >= 0.6 is 0 Å². The maximum Gasteiger partial charge on any atom is 0.152 e. The summed E-state index contributed by atoms with van der Waals surface area (Å²) >= 11 is 0. The molecule has 2 aromatic carbocycles. The van der Waals surface area contributed by atoms with Gasteiger partial charge in [-0.25, -0.2) is 0 Å². The third-order valence-corrected chi connectivity index (χ3v) is 3.49. The Morgan fingerprint density at radius 2 is 1.95 bits per heavy atom. The summed E-state index contributed by atoms with van der Waals surface area (Å²) in [6.07, 6.45) is 0.903. The molecule has 3 nitrogen and oxygen atoms in total. The molecule has 1 aromatic heterocycles. The fraction of sp³-hybridized carbons (Fsp3) is 0.118. The van der Waals surface area contributed by atoms with Crippen molar-refractivity contribution in [1.29, 1.82) is 0 Å². The maximum atomic E-state index is 11.5. The van der Waals surface area contributed by atoms with Gasteiger partial charge in [-0.15, -0.1) is 0 Å². The first-order valence-electron chi connectivity index (χ1n) is 6.45. The molecule has 0 bridgehead atoms. The largest absolute Gasteiger partial charge is 0.496 e. The minimum absolute atomic E-state index is 0.674. The first-order chi connectivity index (χ1) is 9.74. The lowest BCUT2D eigenvalue weighted by Gasteiger charge is -2.07. The molecular formula is C17H15NO2. The third kappa shape index (κ3) is 1.88. The highest BCUT2D eigenvalue weighted by molar-refractivity contribution is 6.05. The van der Waals surface area contributed by atoms with Gasteiger partial charge in [0.25, 0.3) is 0 Å². The normalized spacial score (nSPS) is 10.7. The van der Waals surface area contributed by atoms with E-state index in [0.29, 0.717) is 5.56 Å². The first-order valence-corrected chi connectivity index (χ1v) is 6.45. The quantitative estimate of drug-likeness (QED) is 0.728. The highest BCUT2D eigenvalue weighted by atomic mass is 16.5. The van der Waals surface area contributed by atoms with Crippen molar-refractivity contribution in [2.75, 3.05) is 7.11 Å². The standard InChI is InChI=1S/C17H15NO2/c1-11-7-8-15-13(9-11)14(10-19)17(18-15)12-5-3-4-6-16(12)20-2/h3-10,18H,1-2H3. The molecule has 0 saturated carbocycles. The van der Waals surface area contributed by atoms with Gasteiger partial charge in [0.15, 0.2) is 6.29 Å². The van der Waals surface area contributed by atoms with E-state index in [1.54, 1.807) is 7.11 Å². The maximum absolute atomic E-state index is 11.5. The summed E-state index contributed by atoms with van der Waals surface area (Å²) < 4.78 is 5.38. The summed E-state index contributed by atoms with van der Waals surface area (Å²) in [6, 6.07) is 13.7. The first kappa shape index (κ1) is 12.5. The summed E-state index contributed by atoms with van der Waals surface area (Å²) in [6.45, 7) is 2.02. The van der Waals surface area contributed by atoms with Gasteiger partial charge in [0.05, 0.1) is 12.8 Å². The Morgan fingerprint density at radius 1 is 1.15 bits per heavy atom. The number of methoxy groups -OCH3 is 1. The van der Waals surface area contributed by atoms with Crippen molar-refractivity contribution in [3.8, 4) is 17.0 Å². The van der Waals surface area contributed by atoms with Crippen molar-refractivity contribution in [3.63, 3.8) is 0 Å². The number of fused-ring (bicyclic) bond motifs is 1. The Balaban J connectivity index is 2.33. The number of H-pyrrole nitrogens is 1. The van der Waals surface area contributed by atoms with Gasteiger partial charge in [-0.1, -0.05) is 23.8 Å². The molecular weight excluding hydrogens is 250 g/mol.